The highest BCUT2D eigenvalue weighted by molar-refractivity contribution is 5.96. The Balaban J connectivity index is 1.34. The number of methoxy groups -OCH3 is 1. The first-order chi connectivity index (χ1) is 15.6. The summed E-state index contributed by atoms with van der Waals surface area (Å²) < 4.78 is 10.7. The van der Waals surface area contributed by atoms with Gasteiger partial charge in [0.25, 0.3) is 5.91 Å². The molecule has 2 amide bonds. The van der Waals surface area contributed by atoms with E-state index in [-0.39, 0.29) is 17.9 Å². The number of hydrogen-bond acceptors (Lipinski definition) is 5. The Kier molecular flexibility index (Phi) is 8.78. The third kappa shape index (κ3) is 6.64. The van der Waals surface area contributed by atoms with Crippen molar-refractivity contribution in [1.82, 2.24) is 10.6 Å². The Morgan fingerprint density at radius 1 is 1.06 bits per heavy atom. The van der Waals surface area contributed by atoms with Crippen LogP contribution in [0.15, 0.2) is 48.5 Å². The Bertz CT molecular complexity index is 877. The van der Waals surface area contributed by atoms with Crippen molar-refractivity contribution < 1.29 is 19.1 Å². The van der Waals surface area contributed by atoms with Crippen molar-refractivity contribution in [2.75, 3.05) is 38.3 Å². The molecule has 0 bridgehead atoms. The van der Waals surface area contributed by atoms with Gasteiger partial charge < -0.3 is 25.0 Å². The van der Waals surface area contributed by atoms with Crippen LogP contribution in [0.2, 0.25) is 0 Å². The second-order valence-corrected chi connectivity index (χ2v) is 7.82. The minimum Gasteiger partial charge on any atom is -0.497 e. The maximum Gasteiger partial charge on any atom is 0.255 e. The smallest absolute Gasteiger partial charge is 0.255 e. The lowest BCUT2D eigenvalue weighted by molar-refractivity contribution is -0.122. The number of amides is 2. The molecule has 1 heterocycles. The van der Waals surface area contributed by atoms with E-state index in [0.29, 0.717) is 37.3 Å². The molecule has 0 unspecified atom stereocenters. The van der Waals surface area contributed by atoms with Gasteiger partial charge in [-0.05, 0) is 62.6 Å². The zero-order valence-electron chi connectivity index (χ0n) is 18.9. The molecule has 2 aromatic rings. The van der Waals surface area contributed by atoms with Crippen molar-refractivity contribution in [1.29, 1.82) is 0 Å². The molecule has 0 spiro atoms. The van der Waals surface area contributed by atoms with Crippen LogP contribution in [0.5, 0.6) is 11.5 Å². The Labute approximate surface area is 190 Å². The molecule has 7 heteroatoms. The second-order valence-electron chi connectivity index (χ2n) is 7.82. The van der Waals surface area contributed by atoms with Crippen molar-refractivity contribution in [2.24, 2.45) is 0 Å². The van der Waals surface area contributed by atoms with Gasteiger partial charge in [0.2, 0.25) is 5.91 Å². The lowest BCUT2D eigenvalue weighted by Crippen LogP contribution is -2.44. The molecular weight excluding hydrogens is 406 g/mol. The zero-order valence-corrected chi connectivity index (χ0v) is 18.9. The van der Waals surface area contributed by atoms with Crippen LogP contribution in [0, 0.1) is 0 Å². The highest BCUT2D eigenvalue weighted by atomic mass is 16.5. The van der Waals surface area contributed by atoms with Crippen LogP contribution in [0.25, 0.3) is 0 Å². The number of hydrogen-bond donors (Lipinski definition) is 2. The van der Waals surface area contributed by atoms with Crippen LogP contribution >= 0.6 is 0 Å². The summed E-state index contributed by atoms with van der Waals surface area (Å²) in [6.45, 7) is 4.65. The quantitative estimate of drug-likeness (QED) is 0.555. The molecule has 1 saturated heterocycles. The van der Waals surface area contributed by atoms with E-state index in [1.54, 1.807) is 19.2 Å². The number of para-hydroxylation sites is 1. The molecule has 2 aromatic carbocycles. The number of nitrogens with zero attached hydrogens (tertiary/aromatic N) is 1. The van der Waals surface area contributed by atoms with E-state index in [9.17, 15) is 9.59 Å². The van der Waals surface area contributed by atoms with Crippen molar-refractivity contribution >= 4 is 17.5 Å². The first-order valence-electron chi connectivity index (χ1n) is 11.3. The molecular formula is C25H33N3O4. The standard InChI is InChI=1S/C25H33N3O4/c1-3-32-23-8-5-4-7-22(23)25(30)26-16-6-9-24(29)27-19-14-17-28(18-15-19)20-10-12-21(31-2)13-11-20/h4-5,7-8,10-13,19H,3,6,9,14-18H2,1-2H3,(H,26,30)(H,27,29). The van der Waals surface area contributed by atoms with Crippen LogP contribution in [-0.4, -0.2) is 51.2 Å². The summed E-state index contributed by atoms with van der Waals surface area (Å²) in [5.41, 5.74) is 1.69. The summed E-state index contributed by atoms with van der Waals surface area (Å²) in [6.07, 6.45) is 2.83. The highest BCUT2D eigenvalue weighted by Crippen LogP contribution is 2.23. The van der Waals surface area contributed by atoms with E-state index in [1.165, 1.54) is 5.69 Å². The number of benzene rings is 2. The minimum absolute atomic E-state index is 0.0388. The predicted molar refractivity (Wildman–Crippen MR) is 126 cm³/mol. The van der Waals surface area contributed by atoms with Gasteiger partial charge in [-0.15, -0.1) is 0 Å². The summed E-state index contributed by atoms with van der Waals surface area (Å²) in [7, 11) is 1.67. The normalized spacial score (nSPS) is 14.0. The summed E-state index contributed by atoms with van der Waals surface area (Å²) in [4.78, 5) is 27.0. The number of ether oxygens (including phenoxy) is 2. The number of piperidine rings is 1. The van der Waals surface area contributed by atoms with Crippen LogP contribution in [0.1, 0.15) is 43.0 Å². The van der Waals surface area contributed by atoms with Gasteiger partial charge in [0.05, 0.1) is 19.3 Å². The molecule has 7 nitrogen and oxygen atoms in total. The summed E-state index contributed by atoms with van der Waals surface area (Å²) in [5.74, 6) is 1.29. The monoisotopic (exact) mass is 439 g/mol. The van der Waals surface area contributed by atoms with Gasteiger partial charge in [-0.3, -0.25) is 9.59 Å². The maximum absolute atomic E-state index is 12.4. The van der Waals surface area contributed by atoms with Crippen molar-refractivity contribution in [3.63, 3.8) is 0 Å². The fourth-order valence-electron chi connectivity index (χ4n) is 3.86. The molecule has 1 fully saturated rings. The van der Waals surface area contributed by atoms with Crippen LogP contribution in [-0.2, 0) is 4.79 Å². The van der Waals surface area contributed by atoms with Crippen LogP contribution in [0.3, 0.4) is 0 Å². The SMILES string of the molecule is CCOc1ccccc1C(=O)NCCCC(=O)NC1CCN(c2ccc(OC)cc2)CC1. The third-order valence-electron chi connectivity index (χ3n) is 5.60. The van der Waals surface area contributed by atoms with Gasteiger partial charge in [0.1, 0.15) is 11.5 Å². The van der Waals surface area contributed by atoms with E-state index in [1.807, 2.05) is 31.2 Å². The minimum atomic E-state index is -0.180. The number of carbonyl (C=O) groups excluding carboxylic acids is 2. The van der Waals surface area contributed by atoms with E-state index >= 15 is 0 Å². The highest BCUT2D eigenvalue weighted by Gasteiger charge is 2.21. The van der Waals surface area contributed by atoms with Gasteiger partial charge in [0, 0.05) is 37.8 Å². The summed E-state index contributed by atoms with van der Waals surface area (Å²) in [6, 6.07) is 15.5. The van der Waals surface area contributed by atoms with Crippen molar-refractivity contribution in [3.8, 4) is 11.5 Å². The molecule has 2 N–H and O–H groups in total. The Hall–Kier alpha value is -3.22. The van der Waals surface area contributed by atoms with Crippen LogP contribution < -0.4 is 25.0 Å². The maximum atomic E-state index is 12.4. The lowest BCUT2D eigenvalue weighted by Gasteiger charge is -2.34. The first-order valence-corrected chi connectivity index (χ1v) is 11.3. The van der Waals surface area contributed by atoms with Gasteiger partial charge in [-0.2, -0.15) is 0 Å². The molecule has 0 radical (unpaired) electrons. The molecule has 0 atom stereocenters. The number of nitrogens with one attached hydrogen (secondary N) is 2. The fourth-order valence-corrected chi connectivity index (χ4v) is 3.86. The van der Waals surface area contributed by atoms with E-state index < -0.39 is 0 Å². The topological polar surface area (TPSA) is 79.9 Å². The number of anilines is 1. The van der Waals surface area contributed by atoms with Gasteiger partial charge in [-0.25, -0.2) is 0 Å². The number of rotatable bonds is 10. The molecule has 1 aliphatic heterocycles. The second kappa shape index (κ2) is 12.0. The zero-order chi connectivity index (χ0) is 22.8. The lowest BCUT2D eigenvalue weighted by atomic mass is 10.0. The fraction of sp³-hybridized carbons (Fsp3) is 0.440. The van der Waals surface area contributed by atoms with Crippen LogP contribution in [0.4, 0.5) is 5.69 Å². The van der Waals surface area contributed by atoms with Gasteiger partial charge in [-0.1, -0.05) is 12.1 Å². The molecule has 0 aromatic heterocycles. The van der Waals surface area contributed by atoms with Gasteiger partial charge >= 0.3 is 0 Å². The Morgan fingerprint density at radius 2 is 1.78 bits per heavy atom. The van der Waals surface area contributed by atoms with Crippen molar-refractivity contribution in [3.05, 3.63) is 54.1 Å². The molecule has 32 heavy (non-hydrogen) atoms. The van der Waals surface area contributed by atoms with E-state index in [4.69, 9.17) is 9.47 Å². The summed E-state index contributed by atoms with van der Waals surface area (Å²) >= 11 is 0. The van der Waals surface area contributed by atoms with Crippen molar-refractivity contribution in [2.45, 2.75) is 38.6 Å². The first kappa shape index (κ1) is 23.4. The molecule has 3 rings (SSSR count). The van der Waals surface area contributed by atoms with Gasteiger partial charge in [0.15, 0.2) is 0 Å². The largest absolute Gasteiger partial charge is 0.497 e. The average Bonchev–Trinajstić information content (AvgIpc) is 2.83. The molecule has 172 valence electrons. The Morgan fingerprint density at radius 3 is 2.47 bits per heavy atom. The molecule has 0 saturated carbocycles. The number of carbonyl (C=O) groups is 2. The molecule has 1 aliphatic rings. The average molecular weight is 440 g/mol. The van der Waals surface area contributed by atoms with E-state index in [0.717, 1.165) is 31.7 Å². The predicted octanol–water partition coefficient (Wildman–Crippen LogP) is 3.39. The summed E-state index contributed by atoms with van der Waals surface area (Å²) in [5, 5.41) is 6.01. The van der Waals surface area contributed by atoms with E-state index in [2.05, 4.69) is 27.7 Å². The third-order valence-corrected chi connectivity index (χ3v) is 5.60. The molecule has 0 aliphatic carbocycles.